The second-order valence-electron chi connectivity index (χ2n) is 8.67. The molecule has 2 saturated heterocycles. The molecule has 9 heteroatoms. The highest BCUT2D eigenvalue weighted by Crippen LogP contribution is 2.26. The molecular formula is C24H31F2N5OS. The largest absolute Gasteiger partial charge is 0.354 e. The minimum atomic E-state index is -2.44. The van der Waals surface area contributed by atoms with Gasteiger partial charge < -0.3 is 10.2 Å². The summed E-state index contributed by atoms with van der Waals surface area (Å²) < 4.78 is 24.9. The van der Waals surface area contributed by atoms with Gasteiger partial charge in [-0.25, -0.2) is 4.98 Å². The van der Waals surface area contributed by atoms with E-state index >= 15 is 0 Å². The third-order valence-electron chi connectivity index (χ3n) is 6.20. The van der Waals surface area contributed by atoms with E-state index < -0.39 is 5.76 Å². The van der Waals surface area contributed by atoms with Crippen LogP contribution in [0, 0.1) is 5.92 Å². The maximum absolute atomic E-state index is 12.5. The number of likely N-dealkylation sites (tertiary alicyclic amines) is 1. The van der Waals surface area contributed by atoms with Gasteiger partial charge in [-0.3, -0.25) is 14.6 Å². The number of carbonyl (C=O) groups is 1. The van der Waals surface area contributed by atoms with E-state index in [9.17, 15) is 13.6 Å². The van der Waals surface area contributed by atoms with Crippen LogP contribution in [0.5, 0.6) is 0 Å². The first-order valence-corrected chi connectivity index (χ1v) is 12.4. The molecule has 2 aliphatic heterocycles. The van der Waals surface area contributed by atoms with Crippen molar-refractivity contribution in [1.82, 2.24) is 14.8 Å². The van der Waals surface area contributed by atoms with Crippen LogP contribution >= 0.6 is 11.8 Å². The summed E-state index contributed by atoms with van der Waals surface area (Å²) in [6, 6.07) is 12.6. The quantitative estimate of drug-likeness (QED) is 0.585. The summed E-state index contributed by atoms with van der Waals surface area (Å²) in [4.78, 5) is 24.6. The fourth-order valence-corrected chi connectivity index (χ4v) is 5.13. The Bertz CT molecular complexity index is 878. The average molecular weight is 476 g/mol. The van der Waals surface area contributed by atoms with Gasteiger partial charge in [-0.05, 0) is 61.7 Å². The summed E-state index contributed by atoms with van der Waals surface area (Å²) in [5, 5.41) is 2.89. The highest BCUT2D eigenvalue weighted by Gasteiger charge is 2.25. The summed E-state index contributed by atoms with van der Waals surface area (Å²) in [6.07, 6.45) is 4.14. The first kappa shape index (κ1) is 23.9. The standard InChI is InChI=1S/C24H31F2N5OS/c25-24(26)33-21-8-6-20(7-9-21)28-23(32)18-30-11-3-4-19(17-30)16-29-12-14-31(15-13-29)22-5-1-2-10-27-22/h1-2,5-10,19,24H,3-4,11-18H2,(H,28,32). The van der Waals surface area contributed by atoms with Crippen molar-refractivity contribution in [3.8, 4) is 0 Å². The molecule has 0 bridgehead atoms. The molecule has 178 valence electrons. The highest BCUT2D eigenvalue weighted by atomic mass is 32.2. The van der Waals surface area contributed by atoms with Crippen molar-refractivity contribution in [2.24, 2.45) is 5.92 Å². The first-order valence-electron chi connectivity index (χ1n) is 11.5. The van der Waals surface area contributed by atoms with E-state index in [0.29, 0.717) is 34.8 Å². The Balaban J connectivity index is 1.19. The number of piperidine rings is 1. The number of rotatable bonds is 8. The lowest BCUT2D eigenvalue weighted by atomic mass is 9.97. The molecule has 2 aromatic rings. The summed E-state index contributed by atoms with van der Waals surface area (Å²) in [5.41, 5.74) is 0.637. The Morgan fingerprint density at radius 3 is 2.55 bits per heavy atom. The van der Waals surface area contributed by atoms with Crippen LogP contribution in [-0.2, 0) is 4.79 Å². The van der Waals surface area contributed by atoms with Crippen molar-refractivity contribution >= 4 is 29.2 Å². The van der Waals surface area contributed by atoms with Crippen molar-refractivity contribution in [2.45, 2.75) is 23.5 Å². The molecule has 1 atom stereocenters. The molecule has 1 aromatic heterocycles. The van der Waals surface area contributed by atoms with E-state index in [-0.39, 0.29) is 5.91 Å². The smallest absolute Gasteiger partial charge is 0.288 e. The van der Waals surface area contributed by atoms with Gasteiger partial charge >= 0.3 is 0 Å². The lowest BCUT2D eigenvalue weighted by Gasteiger charge is -2.39. The van der Waals surface area contributed by atoms with Gasteiger partial charge in [0.25, 0.3) is 5.76 Å². The van der Waals surface area contributed by atoms with Crippen molar-refractivity contribution < 1.29 is 13.6 Å². The van der Waals surface area contributed by atoms with Crippen LogP contribution in [0.25, 0.3) is 0 Å². The fraction of sp³-hybridized carbons (Fsp3) is 0.500. The number of piperazine rings is 1. The molecule has 2 fully saturated rings. The van der Waals surface area contributed by atoms with Crippen molar-refractivity contribution in [2.75, 3.05) is 62.6 Å². The summed E-state index contributed by atoms with van der Waals surface area (Å²) in [5.74, 6) is -0.885. The third kappa shape index (κ3) is 7.38. The molecule has 0 aliphatic carbocycles. The molecule has 0 radical (unpaired) electrons. The second kappa shape index (κ2) is 11.8. The average Bonchev–Trinajstić information content (AvgIpc) is 2.81. The Morgan fingerprint density at radius 1 is 1.06 bits per heavy atom. The van der Waals surface area contributed by atoms with E-state index in [2.05, 4.69) is 31.1 Å². The summed E-state index contributed by atoms with van der Waals surface area (Å²) in [7, 11) is 0. The van der Waals surface area contributed by atoms with E-state index in [0.717, 1.165) is 58.1 Å². The number of nitrogens with zero attached hydrogens (tertiary/aromatic N) is 4. The monoisotopic (exact) mass is 475 g/mol. The number of benzene rings is 1. The van der Waals surface area contributed by atoms with Crippen molar-refractivity contribution in [3.63, 3.8) is 0 Å². The summed E-state index contributed by atoms with van der Waals surface area (Å²) in [6.45, 7) is 7.34. The molecule has 1 unspecified atom stereocenters. The van der Waals surface area contributed by atoms with Gasteiger partial charge in [0.2, 0.25) is 5.91 Å². The number of amides is 1. The number of thioether (sulfide) groups is 1. The number of hydrogen-bond acceptors (Lipinski definition) is 6. The van der Waals surface area contributed by atoms with Gasteiger partial charge in [-0.2, -0.15) is 8.78 Å². The van der Waals surface area contributed by atoms with Gasteiger partial charge in [0.1, 0.15) is 5.82 Å². The normalized spacial score (nSPS) is 20.2. The number of hydrogen-bond donors (Lipinski definition) is 1. The number of halogens is 2. The number of carbonyl (C=O) groups excluding carboxylic acids is 1. The molecule has 4 rings (SSSR count). The zero-order chi connectivity index (χ0) is 23.0. The molecule has 1 aromatic carbocycles. The molecule has 33 heavy (non-hydrogen) atoms. The van der Waals surface area contributed by atoms with Crippen molar-refractivity contribution in [1.29, 1.82) is 0 Å². The number of pyridine rings is 1. The maximum Gasteiger partial charge on any atom is 0.288 e. The topological polar surface area (TPSA) is 51.7 Å². The van der Waals surface area contributed by atoms with Crippen LogP contribution in [0.15, 0.2) is 53.6 Å². The van der Waals surface area contributed by atoms with E-state index in [1.54, 1.807) is 24.3 Å². The van der Waals surface area contributed by atoms with Crippen LogP contribution in [0.3, 0.4) is 0 Å². The van der Waals surface area contributed by atoms with Crippen LogP contribution in [0.1, 0.15) is 12.8 Å². The Kier molecular flexibility index (Phi) is 8.52. The number of alkyl halides is 2. The Morgan fingerprint density at radius 2 is 1.85 bits per heavy atom. The minimum Gasteiger partial charge on any atom is -0.354 e. The van der Waals surface area contributed by atoms with Crippen LogP contribution < -0.4 is 10.2 Å². The lowest BCUT2D eigenvalue weighted by molar-refractivity contribution is -0.117. The van der Waals surface area contributed by atoms with Crippen molar-refractivity contribution in [3.05, 3.63) is 48.7 Å². The van der Waals surface area contributed by atoms with Crippen LogP contribution in [0.4, 0.5) is 20.3 Å². The van der Waals surface area contributed by atoms with E-state index in [1.165, 1.54) is 6.42 Å². The molecule has 2 aliphatic rings. The number of aromatic nitrogens is 1. The highest BCUT2D eigenvalue weighted by molar-refractivity contribution is 7.99. The Hall–Kier alpha value is -2.23. The molecular weight excluding hydrogens is 444 g/mol. The molecule has 0 saturated carbocycles. The van der Waals surface area contributed by atoms with Gasteiger partial charge in [-0.15, -0.1) is 0 Å². The van der Waals surface area contributed by atoms with Gasteiger partial charge in [0.05, 0.1) is 6.54 Å². The zero-order valence-corrected chi connectivity index (χ0v) is 19.5. The van der Waals surface area contributed by atoms with Gasteiger partial charge in [-0.1, -0.05) is 17.8 Å². The zero-order valence-electron chi connectivity index (χ0n) is 18.7. The third-order valence-corrected chi connectivity index (χ3v) is 6.92. The lowest BCUT2D eigenvalue weighted by Crippen LogP contribution is -2.50. The molecule has 6 nitrogen and oxygen atoms in total. The number of nitrogens with one attached hydrogen (secondary N) is 1. The number of anilines is 2. The molecule has 1 amide bonds. The predicted octanol–water partition coefficient (Wildman–Crippen LogP) is 3.87. The van der Waals surface area contributed by atoms with E-state index in [4.69, 9.17) is 0 Å². The Labute approximate surface area is 198 Å². The first-order chi connectivity index (χ1) is 16.0. The minimum absolute atomic E-state index is 0.0612. The predicted molar refractivity (Wildman–Crippen MR) is 129 cm³/mol. The second-order valence-corrected chi connectivity index (χ2v) is 9.73. The van der Waals surface area contributed by atoms with Crippen LogP contribution in [0.2, 0.25) is 0 Å². The van der Waals surface area contributed by atoms with Gasteiger partial charge in [0.15, 0.2) is 0 Å². The molecule has 3 heterocycles. The SMILES string of the molecule is O=C(CN1CCCC(CN2CCN(c3ccccn3)CC2)C1)Nc1ccc(SC(F)F)cc1. The van der Waals surface area contributed by atoms with E-state index in [1.807, 2.05) is 18.3 Å². The fourth-order valence-electron chi connectivity index (χ4n) is 4.63. The van der Waals surface area contributed by atoms with Crippen LogP contribution in [-0.4, -0.2) is 78.8 Å². The molecule has 1 N–H and O–H groups in total. The molecule has 0 spiro atoms. The maximum atomic E-state index is 12.5. The summed E-state index contributed by atoms with van der Waals surface area (Å²) >= 11 is 0.504. The van der Waals surface area contributed by atoms with Gasteiger partial charge in [0, 0.05) is 56.0 Å².